The topological polar surface area (TPSA) is 59.2 Å². The van der Waals surface area contributed by atoms with E-state index in [4.69, 9.17) is 4.74 Å². The number of pyridine rings is 1. The molecule has 0 fully saturated rings. The van der Waals surface area contributed by atoms with Crippen LogP contribution in [0.1, 0.15) is 10.4 Å². The minimum absolute atomic E-state index is 0.0124. The highest BCUT2D eigenvalue weighted by Crippen LogP contribution is 2.24. The highest BCUT2D eigenvalue weighted by atomic mass is 16.5. The Morgan fingerprint density at radius 1 is 0.913 bits per heavy atom. The fraction of sp³-hybridized carbons (Fsp3) is 0.0526. The summed E-state index contributed by atoms with van der Waals surface area (Å²) >= 11 is 0. The Balaban J connectivity index is 2.27. The molecule has 0 saturated heterocycles. The maximum Gasteiger partial charge on any atom is 0.344 e. The Kier molecular flexibility index (Phi) is 4.06. The molecule has 0 aliphatic carbocycles. The van der Waals surface area contributed by atoms with Crippen molar-refractivity contribution in [1.82, 2.24) is 4.98 Å². The summed E-state index contributed by atoms with van der Waals surface area (Å²) in [6.07, 6.45) is 0. The Bertz CT molecular complexity index is 883. The van der Waals surface area contributed by atoms with Gasteiger partial charge in [0.15, 0.2) is 5.43 Å². The summed E-state index contributed by atoms with van der Waals surface area (Å²) < 4.78 is 4.77. The summed E-state index contributed by atoms with van der Waals surface area (Å²) in [7, 11) is 1.27. The average molecular weight is 305 g/mol. The van der Waals surface area contributed by atoms with E-state index in [0.717, 1.165) is 11.1 Å². The van der Waals surface area contributed by atoms with Crippen LogP contribution >= 0.6 is 0 Å². The number of H-pyrrole nitrogens is 1. The van der Waals surface area contributed by atoms with Crippen LogP contribution in [0.2, 0.25) is 0 Å². The maximum absolute atomic E-state index is 12.5. The number of aromatic amines is 1. The third-order valence-electron chi connectivity index (χ3n) is 3.57. The largest absolute Gasteiger partial charge is 0.465 e. The number of aromatic nitrogens is 1. The van der Waals surface area contributed by atoms with Crippen molar-refractivity contribution in [2.75, 3.05) is 7.11 Å². The van der Waals surface area contributed by atoms with Gasteiger partial charge in [-0.1, -0.05) is 60.7 Å². The van der Waals surface area contributed by atoms with Crippen molar-refractivity contribution in [2.24, 2.45) is 0 Å². The molecule has 23 heavy (non-hydrogen) atoms. The first kappa shape index (κ1) is 14.8. The number of rotatable bonds is 3. The molecule has 4 heteroatoms. The lowest BCUT2D eigenvalue weighted by atomic mass is 10.0. The molecular formula is C19H15NO3. The SMILES string of the molecule is COC(=O)c1c(-c2ccccc2)[nH]c(-c2ccccc2)cc1=O. The van der Waals surface area contributed by atoms with Crippen LogP contribution in [0.3, 0.4) is 0 Å². The lowest BCUT2D eigenvalue weighted by Crippen LogP contribution is -2.19. The Hall–Kier alpha value is -3.14. The van der Waals surface area contributed by atoms with Crippen LogP contribution < -0.4 is 5.43 Å². The molecular weight excluding hydrogens is 290 g/mol. The average Bonchev–Trinajstić information content (AvgIpc) is 2.62. The van der Waals surface area contributed by atoms with Crippen molar-refractivity contribution in [3.8, 4) is 22.5 Å². The molecule has 0 radical (unpaired) electrons. The van der Waals surface area contributed by atoms with Crippen molar-refractivity contribution in [2.45, 2.75) is 0 Å². The van der Waals surface area contributed by atoms with Crippen molar-refractivity contribution in [3.05, 3.63) is 82.5 Å². The van der Waals surface area contributed by atoms with Gasteiger partial charge in [0.05, 0.1) is 12.8 Å². The molecule has 0 spiro atoms. The zero-order chi connectivity index (χ0) is 16.2. The highest BCUT2D eigenvalue weighted by molar-refractivity contribution is 5.96. The number of ether oxygens (including phenoxy) is 1. The van der Waals surface area contributed by atoms with Gasteiger partial charge in [-0.2, -0.15) is 0 Å². The number of hydrogen-bond acceptors (Lipinski definition) is 3. The molecule has 0 aliphatic heterocycles. The summed E-state index contributed by atoms with van der Waals surface area (Å²) in [4.78, 5) is 27.7. The van der Waals surface area contributed by atoms with E-state index in [1.165, 1.54) is 13.2 Å². The number of carbonyl (C=O) groups excluding carboxylic acids is 1. The third-order valence-corrected chi connectivity index (χ3v) is 3.57. The second-order valence-corrected chi connectivity index (χ2v) is 5.02. The van der Waals surface area contributed by atoms with Gasteiger partial charge in [-0.15, -0.1) is 0 Å². The molecule has 0 amide bonds. The first-order valence-corrected chi connectivity index (χ1v) is 7.17. The fourth-order valence-corrected chi connectivity index (χ4v) is 2.46. The van der Waals surface area contributed by atoms with Crippen LogP contribution in [0.25, 0.3) is 22.5 Å². The van der Waals surface area contributed by atoms with E-state index >= 15 is 0 Å². The molecule has 0 bridgehead atoms. The molecule has 114 valence electrons. The second kappa shape index (κ2) is 6.32. The number of esters is 1. The Labute approximate surface area is 133 Å². The van der Waals surface area contributed by atoms with Crippen LogP contribution in [-0.2, 0) is 4.74 Å². The third kappa shape index (κ3) is 2.92. The van der Waals surface area contributed by atoms with Gasteiger partial charge in [0, 0.05) is 11.8 Å². The quantitative estimate of drug-likeness (QED) is 0.753. The van der Waals surface area contributed by atoms with E-state index in [1.54, 1.807) is 0 Å². The van der Waals surface area contributed by atoms with E-state index in [9.17, 15) is 9.59 Å². The van der Waals surface area contributed by atoms with Crippen molar-refractivity contribution < 1.29 is 9.53 Å². The number of benzene rings is 2. The molecule has 0 saturated carbocycles. The number of hydrogen-bond donors (Lipinski definition) is 1. The van der Waals surface area contributed by atoms with E-state index in [-0.39, 0.29) is 11.0 Å². The van der Waals surface area contributed by atoms with Crippen molar-refractivity contribution >= 4 is 5.97 Å². The lowest BCUT2D eigenvalue weighted by molar-refractivity contribution is 0.0600. The van der Waals surface area contributed by atoms with E-state index in [2.05, 4.69) is 4.98 Å². The minimum Gasteiger partial charge on any atom is -0.465 e. The summed E-state index contributed by atoms with van der Waals surface area (Å²) in [5, 5.41) is 0. The number of methoxy groups -OCH3 is 1. The van der Waals surface area contributed by atoms with Crippen LogP contribution in [0.5, 0.6) is 0 Å². The van der Waals surface area contributed by atoms with Gasteiger partial charge in [0.25, 0.3) is 0 Å². The smallest absolute Gasteiger partial charge is 0.344 e. The lowest BCUT2D eigenvalue weighted by Gasteiger charge is -2.11. The predicted octanol–water partition coefficient (Wildman–Crippen LogP) is 3.50. The number of nitrogens with one attached hydrogen (secondary N) is 1. The molecule has 0 atom stereocenters. The first-order valence-electron chi connectivity index (χ1n) is 7.17. The van der Waals surface area contributed by atoms with Gasteiger partial charge in [0.2, 0.25) is 0 Å². The van der Waals surface area contributed by atoms with Gasteiger partial charge < -0.3 is 9.72 Å². The molecule has 3 rings (SSSR count). The van der Waals surface area contributed by atoms with Gasteiger partial charge in [-0.25, -0.2) is 4.79 Å². The Morgan fingerprint density at radius 3 is 2.04 bits per heavy atom. The summed E-state index contributed by atoms with van der Waals surface area (Å²) in [5.41, 5.74) is 2.39. The molecule has 0 aliphatic rings. The second-order valence-electron chi connectivity index (χ2n) is 5.02. The molecule has 4 nitrogen and oxygen atoms in total. The first-order chi connectivity index (χ1) is 11.2. The number of carbonyl (C=O) groups is 1. The van der Waals surface area contributed by atoms with Crippen molar-refractivity contribution in [3.63, 3.8) is 0 Å². The molecule has 0 unspecified atom stereocenters. The minimum atomic E-state index is -0.648. The Morgan fingerprint density at radius 2 is 1.48 bits per heavy atom. The maximum atomic E-state index is 12.5. The van der Waals surface area contributed by atoms with Gasteiger partial charge in [-0.3, -0.25) is 4.79 Å². The molecule has 3 aromatic rings. The zero-order valence-electron chi connectivity index (χ0n) is 12.6. The highest BCUT2D eigenvalue weighted by Gasteiger charge is 2.19. The van der Waals surface area contributed by atoms with Crippen LogP contribution in [0, 0.1) is 0 Å². The van der Waals surface area contributed by atoms with Gasteiger partial charge in [0.1, 0.15) is 5.56 Å². The van der Waals surface area contributed by atoms with E-state index in [0.29, 0.717) is 11.4 Å². The zero-order valence-corrected chi connectivity index (χ0v) is 12.6. The summed E-state index contributed by atoms with van der Waals surface area (Å²) in [5.74, 6) is -0.648. The normalized spacial score (nSPS) is 10.3. The predicted molar refractivity (Wildman–Crippen MR) is 89.3 cm³/mol. The van der Waals surface area contributed by atoms with E-state index < -0.39 is 5.97 Å². The van der Waals surface area contributed by atoms with Crippen LogP contribution in [0.4, 0.5) is 0 Å². The van der Waals surface area contributed by atoms with Crippen molar-refractivity contribution in [1.29, 1.82) is 0 Å². The van der Waals surface area contributed by atoms with Gasteiger partial charge in [-0.05, 0) is 11.1 Å². The fourth-order valence-electron chi connectivity index (χ4n) is 2.46. The molecule has 1 aromatic heterocycles. The van der Waals surface area contributed by atoms with Crippen LogP contribution in [-0.4, -0.2) is 18.1 Å². The standard InChI is InChI=1S/C19H15NO3/c1-23-19(22)17-16(21)12-15(13-8-4-2-5-9-13)20-18(17)14-10-6-3-7-11-14/h2-12H,1H3,(H,20,21). The summed E-state index contributed by atoms with van der Waals surface area (Å²) in [6, 6.07) is 20.2. The monoisotopic (exact) mass is 305 g/mol. The van der Waals surface area contributed by atoms with E-state index in [1.807, 2.05) is 60.7 Å². The molecule has 1 heterocycles. The summed E-state index contributed by atoms with van der Waals surface area (Å²) in [6.45, 7) is 0. The van der Waals surface area contributed by atoms with Gasteiger partial charge >= 0.3 is 5.97 Å². The molecule has 1 N–H and O–H groups in total. The van der Waals surface area contributed by atoms with Crippen LogP contribution in [0.15, 0.2) is 71.5 Å². The molecule has 2 aromatic carbocycles.